The number of ether oxygens (including phenoxy) is 2. The van der Waals surface area contributed by atoms with Gasteiger partial charge in [0.2, 0.25) is 0 Å². The molecule has 2 heterocycles. The predicted molar refractivity (Wildman–Crippen MR) is 37.9 cm³/mol. The minimum atomic E-state index is 0.101. The highest BCUT2D eigenvalue weighted by Gasteiger charge is 2.42. The average Bonchev–Trinajstić information content (AvgIpc) is 2.72. The van der Waals surface area contributed by atoms with Gasteiger partial charge in [-0.25, -0.2) is 0 Å². The van der Waals surface area contributed by atoms with Gasteiger partial charge in [-0.15, -0.1) is 0 Å². The van der Waals surface area contributed by atoms with Gasteiger partial charge in [-0.05, 0) is 18.9 Å². The summed E-state index contributed by atoms with van der Waals surface area (Å²) in [7, 11) is 0. The second-order valence-corrected chi connectivity index (χ2v) is 3.07. The lowest BCUT2D eigenvalue weighted by Gasteiger charge is -2.15. The lowest BCUT2D eigenvalue weighted by atomic mass is 9.98. The molecule has 1 unspecified atom stereocenters. The fraction of sp³-hybridized carbons (Fsp3) is 0.750. The number of rotatable bonds is 1. The summed E-state index contributed by atoms with van der Waals surface area (Å²) in [6, 6.07) is 0. The molecule has 0 N–H and O–H groups in total. The van der Waals surface area contributed by atoms with Crippen LogP contribution in [0.25, 0.3) is 0 Å². The summed E-state index contributed by atoms with van der Waals surface area (Å²) >= 11 is 0. The van der Waals surface area contributed by atoms with Gasteiger partial charge in [0.15, 0.2) is 0 Å². The largest absolute Gasteiger partial charge is 0.377 e. The van der Waals surface area contributed by atoms with E-state index in [-0.39, 0.29) is 5.60 Å². The van der Waals surface area contributed by atoms with E-state index in [1.165, 1.54) is 5.57 Å². The molecule has 0 spiro atoms. The minimum absolute atomic E-state index is 0.101. The van der Waals surface area contributed by atoms with E-state index < -0.39 is 0 Å². The van der Waals surface area contributed by atoms with E-state index in [0.29, 0.717) is 0 Å². The summed E-state index contributed by atoms with van der Waals surface area (Å²) < 4.78 is 10.5. The first kappa shape index (κ1) is 6.38. The zero-order valence-electron chi connectivity index (χ0n) is 6.22. The van der Waals surface area contributed by atoms with Crippen molar-refractivity contribution in [3.05, 3.63) is 11.6 Å². The van der Waals surface area contributed by atoms with Crippen molar-refractivity contribution in [2.45, 2.75) is 18.9 Å². The van der Waals surface area contributed by atoms with E-state index in [9.17, 15) is 0 Å². The maximum absolute atomic E-state index is 5.31. The fourth-order valence-electron chi connectivity index (χ4n) is 1.30. The van der Waals surface area contributed by atoms with Crippen molar-refractivity contribution < 1.29 is 9.47 Å². The molecule has 0 amide bonds. The van der Waals surface area contributed by atoms with Gasteiger partial charge < -0.3 is 9.47 Å². The van der Waals surface area contributed by atoms with E-state index in [2.05, 4.69) is 13.0 Å². The van der Waals surface area contributed by atoms with Gasteiger partial charge in [0.05, 0.1) is 19.8 Å². The van der Waals surface area contributed by atoms with Gasteiger partial charge in [0.25, 0.3) is 0 Å². The lowest BCUT2D eigenvalue weighted by molar-refractivity contribution is 0.148. The van der Waals surface area contributed by atoms with E-state index in [1.54, 1.807) is 0 Å². The topological polar surface area (TPSA) is 21.8 Å². The molecular formula is C8H12O2. The van der Waals surface area contributed by atoms with Crippen LogP contribution in [0.15, 0.2) is 11.6 Å². The van der Waals surface area contributed by atoms with E-state index >= 15 is 0 Å². The third kappa shape index (κ3) is 0.976. The summed E-state index contributed by atoms with van der Waals surface area (Å²) in [4.78, 5) is 0. The van der Waals surface area contributed by atoms with Crippen molar-refractivity contribution in [3.8, 4) is 0 Å². The van der Waals surface area contributed by atoms with Crippen molar-refractivity contribution in [2.75, 3.05) is 19.8 Å². The number of hydrogen-bond donors (Lipinski definition) is 0. The van der Waals surface area contributed by atoms with Gasteiger partial charge in [-0.2, -0.15) is 0 Å². The zero-order valence-corrected chi connectivity index (χ0v) is 6.22. The number of epoxide rings is 1. The van der Waals surface area contributed by atoms with Gasteiger partial charge >= 0.3 is 0 Å². The zero-order chi connectivity index (χ0) is 7.03. The Kier molecular flexibility index (Phi) is 1.32. The molecule has 0 aromatic heterocycles. The second-order valence-electron chi connectivity index (χ2n) is 3.07. The molecule has 2 rings (SSSR count). The summed E-state index contributed by atoms with van der Waals surface area (Å²) in [5.74, 6) is 0. The monoisotopic (exact) mass is 140 g/mol. The van der Waals surface area contributed by atoms with Gasteiger partial charge in [-0.3, -0.25) is 0 Å². The van der Waals surface area contributed by atoms with Crippen LogP contribution < -0.4 is 0 Å². The van der Waals surface area contributed by atoms with Crippen molar-refractivity contribution in [1.29, 1.82) is 0 Å². The lowest BCUT2D eigenvalue weighted by Crippen LogP contribution is -2.16. The van der Waals surface area contributed by atoms with E-state index in [0.717, 1.165) is 26.2 Å². The van der Waals surface area contributed by atoms with Crippen LogP contribution in [0.4, 0.5) is 0 Å². The standard InChI is InChI=1S/C8H12O2/c1-8(6-10-8)7-2-4-9-5-3-7/h2H,3-6H2,1H3. The van der Waals surface area contributed by atoms with Crippen molar-refractivity contribution in [2.24, 2.45) is 0 Å². The fourth-order valence-corrected chi connectivity index (χ4v) is 1.30. The first-order chi connectivity index (χ1) is 4.81. The Bertz CT molecular complexity index is 168. The minimum Gasteiger partial charge on any atom is -0.377 e. The van der Waals surface area contributed by atoms with Crippen LogP contribution in [0.5, 0.6) is 0 Å². The van der Waals surface area contributed by atoms with Gasteiger partial charge in [0.1, 0.15) is 5.60 Å². The molecule has 0 aromatic rings. The first-order valence-electron chi connectivity index (χ1n) is 3.72. The molecule has 0 radical (unpaired) electrons. The molecule has 10 heavy (non-hydrogen) atoms. The first-order valence-corrected chi connectivity index (χ1v) is 3.72. The summed E-state index contributed by atoms with van der Waals surface area (Å²) in [5.41, 5.74) is 1.53. The van der Waals surface area contributed by atoms with E-state index in [1.807, 2.05) is 0 Å². The molecule has 0 bridgehead atoms. The van der Waals surface area contributed by atoms with Crippen LogP contribution in [0.1, 0.15) is 13.3 Å². The van der Waals surface area contributed by atoms with Crippen LogP contribution in [0.3, 0.4) is 0 Å². The molecule has 0 aliphatic carbocycles. The highest BCUT2D eigenvalue weighted by Crippen LogP contribution is 2.36. The van der Waals surface area contributed by atoms with Crippen LogP contribution in [0.2, 0.25) is 0 Å². The average molecular weight is 140 g/mol. The van der Waals surface area contributed by atoms with Crippen molar-refractivity contribution in [1.82, 2.24) is 0 Å². The molecule has 0 aromatic carbocycles. The third-order valence-corrected chi connectivity index (χ3v) is 2.22. The molecule has 1 fully saturated rings. The van der Waals surface area contributed by atoms with Crippen LogP contribution in [-0.4, -0.2) is 25.4 Å². The summed E-state index contributed by atoms with van der Waals surface area (Å²) in [5, 5.41) is 0. The molecule has 1 saturated heterocycles. The van der Waals surface area contributed by atoms with Gasteiger partial charge in [0, 0.05) is 0 Å². The van der Waals surface area contributed by atoms with Crippen LogP contribution in [0, 0.1) is 0 Å². The highest BCUT2D eigenvalue weighted by atomic mass is 16.6. The molecule has 2 heteroatoms. The smallest absolute Gasteiger partial charge is 0.110 e. The molecular weight excluding hydrogens is 128 g/mol. The molecule has 2 aliphatic heterocycles. The summed E-state index contributed by atoms with van der Waals surface area (Å²) in [6.45, 7) is 4.68. The third-order valence-electron chi connectivity index (χ3n) is 2.22. The highest BCUT2D eigenvalue weighted by molar-refractivity contribution is 5.23. The Hall–Kier alpha value is -0.340. The van der Waals surface area contributed by atoms with Crippen molar-refractivity contribution in [3.63, 3.8) is 0 Å². The Labute approximate surface area is 60.8 Å². The molecule has 2 nitrogen and oxygen atoms in total. The van der Waals surface area contributed by atoms with E-state index in [4.69, 9.17) is 9.47 Å². The molecule has 1 atom stereocenters. The molecule has 0 saturated carbocycles. The maximum Gasteiger partial charge on any atom is 0.110 e. The Morgan fingerprint density at radius 2 is 2.40 bits per heavy atom. The Morgan fingerprint density at radius 1 is 1.60 bits per heavy atom. The number of hydrogen-bond acceptors (Lipinski definition) is 2. The Balaban J connectivity index is 2.08. The maximum atomic E-state index is 5.31. The van der Waals surface area contributed by atoms with Gasteiger partial charge in [-0.1, -0.05) is 6.08 Å². The quantitative estimate of drug-likeness (QED) is 0.402. The second kappa shape index (κ2) is 2.07. The predicted octanol–water partition coefficient (Wildman–Crippen LogP) is 1.12. The SMILES string of the molecule is CC1(C2=CCOCC2)CO1. The molecule has 56 valence electrons. The normalized spacial score (nSPS) is 39.1. The molecule has 2 aliphatic rings. The Morgan fingerprint density at radius 3 is 2.90 bits per heavy atom. The van der Waals surface area contributed by atoms with Crippen LogP contribution in [-0.2, 0) is 9.47 Å². The summed E-state index contributed by atoms with van der Waals surface area (Å²) in [6.07, 6.45) is 3.20. The van der Waals surface area contributed by atoms with Crippen molar-refractivity contribution >= 4 is 0 Å². The van der Waals surface area contributed by atoms with Crippen LogP contribution >= 0.6 is 0 Å².